The third kappa shape index (κ3) is 3.62. The van der Waals surface area contributed by atoms with Crippen molar-refractivity contribution in [3.8, 4) is 0 Å². The predicted molar refractivity (Wildman–Crippen MR) is 126 cm³/mol. The van der Waals surface area contributed by atoms with Crippen molar-refractivity contribution < 1.29 is 55.1 Å². The van der Waals surface area contributed by atoms with E-state index in [0.29, 0.717) is 32.1 Å². The molecule has 0 aromatic carbocycles. The predicted octanol–water partition coefficient (Wildman–Crippen LogP) is -1.03. The van der Waals surface area contributed by atoms with Crippen LogP contribution in [-0.4, -0.2) is 109 Å². The van der Waals surface area contributed by atoms with Crippen molar-refractivity contribution in [1.82, 2.24) is 0 Å². The molecule has 0 aromatic heterocycles. The molecule has 2 bridgehead atoms. The van der Waals surface area contributed by atoms with Crippen molar-refractivity contribution >= 4 is 5.97 Å². The second kappa shape index (κ2) is 9.07. The minimum atomic E-state index is -1.63. The van der Waals surface area contributed by atoms with E-state index in [1.165, 1.54) is 0 Å². The van der Waals surface area contributed by atoms with Crippen LogP contribution in [-0.2, 0) is 14.3 Å². The summed E-state index contributed by atoms with van der Waals surface area (Å²) >= 11 is 0. The van der Waals surface area contributed by atoms with Gasteiger partial charge in [0.15, 0.2) is 6.29 Å². The lowest BCUT2D eigenvalue weighted by molar-refractivity contribution is -0.335. The Balaban J connectivity index is 1.50. The van der Waals surface area contributed by atoms with Crippen molar-refractivity contribution in [2.75, 3.05) is 13.2 Å². The summed E-state index contributed by atoms with van der Waals surface area (Å²) < 4.78 is 11.8. The number of hydrogen-bond acceptors (Lipinski definition) is 10. The molecule has 14 atom stereocenters. The molecule has 1 spiro atoms. The van der Waals surface area contributed by atoms with Crippen molar-refractivity contribution in [3.63, 3.8) is 0 Å². The van der Waals surface area contributed by atoms with Gasteiger partial charge in [0.05, 0.1) is 36.4 Å². The van der Waals surface area contributed by atoms with E-state index in [1.807, 2.05) is 6.92 Å². The molecule has 4 aliphatic carbocycles. The van der Waals surface area contributed by atoms with Crippen LogP contribution in [0.1, 0.15) is 58.8 Å². The van der Waals surface area contributed by atoms with Crippen LogP contribution in [0.25, 0.3) is 0 Å². The third-order valence-corrected chi connectivity index (χ3v) is 11.3. The molecule has 1 heterocycles. The average Bonchev–Trinajstić information content (AvgIpc) is 3.10. The fourth-order valence-electron chi connectivity index (χ4n) is 9.67. The van der Waals surface area contributed by atoms with E-state index in [9.17, 15) is 45.6 Å². The zero-order valence-electron chi connectivity index (χ0n) is 21.4. The molecule has 0 amide bonds. The Morgan fingerprint density at radius 2 is 1.68 bits per heavy atom. The zero-order chi connectivity index (χ0) is 27.1. The lowest BCUT2D eigenvalue weighted by atomic mass is 9.39. The molecule has 1 saturated heterocycles. The molecule has 4 saturated carbocycles. The molecule has 5 fully saturated rings. The molecular formula is C26H42O11. The van der Waals surface area contributed by atoms with Crippen LogP contribution in [0.4, 0.5) is 0 Å². The molecule has 212 valence electrons. The van der Waals surface area contributed by atoms with Gasteiger partial charge in [0.1, 0.15) is 24.4 Å². The molecule has 0 radical (unpaired) electrons. The highest BCUT2D eigenvalue weighted by molar-refractivity contribution is 5.75. The second-order valence-electron chi connectivity index (χ2n) is 13.0. The summed E-state index contributed by atoms with van der Waals surface area (Å²) in [5.74, 6) is -1.98. The van der Waals surface area contributed by atoms with Gasteiger partial charge in [-0.05, 0) is 62.7 Å². The molecule has 5 rings (SSSR count). The van der Waals surface area contributed by atoms with E-state index in [4.69, 9.17) is 9.47 Å². The van der Waals surface area contributed by atoms with Gasteiger partial charge < -0.3 is 50.3 Å². The lowest BCUT2D eigenvalue weighted by Crippen LogP contribution is -2.69. The number of aliphatic carboxylic acids is 1. The summed E-state index contributed by atoms with van der Waals surface area (Å²) in [6.07, 6.45) is -6.18. The number of carboxylic acid groups (broad SMARTS) is 1. The van der Waals surface area contributed by atoms with Crippen LogP contribution < -0.4 is 0 Å². The Bertz CT molecular complexity index is 900. The van der Waals surface area contributed by atoms with Crippen LogP contribution in [0.15, 0.2) is 0 Å². The summed E-state index contributed by atoms with van der Waals surface area (Å²) in [5.41, 5.74) is -3.84. The average molecular weight is 531 g/mol. The van der Waals surface area contributed by atoms with Gasteiger partial charge in [0.25, 0.3) is 0 Å². The van der Waals surface area contributed by atoms with Gasteiger partial charge >= 0.3 is 5.97 Å². The highest BCUT2D eigenvalue weighted by atomic mass is 16.7. The van der Waals surface area contributed by atoms with Gasteiger partial charge in [-0.15, -0.1) is 0 Å². The summed E-state index contributed by atoms with van der Waals surface area (Å²) in [6, 6.07) is 0. The van der Waals surface area contributed by atoms with Crippen LogP contribution in [0.3, 0.4) is 0 Å². The fourth-order valence-corrected chi connectivity index (χ4v) is 9.67. The molecule has 5 unspecified atom stereocenters. The molecular weight excluding hydrogens is 488 g/mol. The van der Waals surface area contributed by atoms with E-state index in [1.54, 1.807) is 6.92 Å². The molecule has 8 N–H and O–H groups in total. The third-order valence-electron chi connectivity index (χ3n) is 11.3. The first-order chi connectivity index (χ1) is 17.3. The van der Waals surface area contributed by atoms with Gasteiger partial charge in [-0.3, -0.25) is 4.79 Å². The number of aliphatic hydroxyl groups excluding tert-OH is 7. The van der Waals surface area contributed by atoms with Crippen LogP contribution >= 0.6 is 0 Å². The number of aliphatic hydroxyl groups is 7. The Morgan fingerprint density at radius 1 is 0.973 bits per heavy atom. The van der Waals surface area contributed by atoms with Gasteiger partial charge in [-0.25, -0.2) is 0 Å². The SMILES string of the molecule is C[C@]12CCC[C@](C)(C(=O)O)C1[C@@H](O)[C@@H](O)C13CC(CCC12)C(CO)(O[C@@H]1O[C@H](CO)[C@@H](O)[C@H](O)[C@H]1O)C3. The largest absolute Gasteiger partial charge is 0.481 e. The minimum Gasteiger partial charge on any atom is -0.481 e. The van der Waals surface area contributed by atoms with Crippen LogP contribution in [0, 0.1) is 34.0 Å². The number of carbonyl (C=O) groups is 1. The van der Waals surface area contributed by atoms with Crippen molar-refractivity contribution in [2.24, 2.45) is 34.0 Å². The van der Waals surface area contributed by atoms with Crippen molar-refractivity contribution in [1.29, 1.82) is 0 Å². The monoisotopic (exact) mass is 530 g/mol. The standard InChI is InChI=1S/C26H42O11/c1-23-6-3-7-24(2,22(34)35)19(23)18(32)20(33)25-8-12(4-5-14(23)25)26(10-25,11-28)37-21-17(31)16(30)15(29)13(9-27)36-21/h12-21,27-33H,3-11H2,1-2H3,(H,34,35)/t12?,13-,14?,15-,16+,17-,18-,19?,20-,21+,23-,24+,25?,26?/m1/s1. The first-order valence-corrected chi connectivity index (χ1v) is 13.5. The maximum atomic E-state index is 12.4. The highest BCUT2D eigenvalue weighted by Crippen LogP contribution is 2.73. The normalized spacial score (nSPS) is 57.4. The first kappa shape index (κ1) is 27.7. The summed E-state index contributed by atoms with van der Waals surface area (Å²) in [5, 5.41) is 84.6. The molecule has 37 heavy (non-hydrogen) atoms. The summed E-state index contributed by atoms with van der Waals surface area (Å²) in [4.78, 5) is 12.4. The minimum absolute atomic E-state index is 0.120. The number of ether oxygens (including phenoxy) is 2. The Hall–Kier alpha value is -0.890. The molecule has 1 aliphatic heterocycles. The maximum Gasteiger partial charge on any atom is 0.309 e. The van der Waals surface area contributed by atoms with Crippen molar-refractivity contribution in [2.45, 2.75) is 107 Å². The van der Waals surface area contributed by atoms with Crippen molar-refractivity contribution in [3.05, 3.63) is 0 Å². The molecule has 0 aromatic rings. The van der Waals surface area contributed by atoms with Gasteiger partial charge in [0, 0.05) is 11.3 Å². The van der Waals surface area contributed by atoms with E-state index in [-0.39, 0.29) is 18.3 Å². The Kier molecular flexibility index (Phi) is 6.78. The number of rotatable bonds is 5. The molecule has 5 aliphatic rings. The zero-order valence-corrected chi connectivity index (χ0v) is 21.4. The maximum absolute atomic E-state index is 12.4. The van der Waals surface area contributed by atoms with E-state index in [0.717, 1.165) is 6.42 Å². The van der Waals surface area contributed by atoms with Gasteiger partial charge in [-0.2, -0.15) is 0 Å². The number of hydrogen-bond donors (Lipinski definition) is 8. The Labute approximate surface area is 216 Å². The fraction of sp³-hybridized carbons (Fsp3) is 0.962. The van der Waals surface area contributed by atoms with Crippen LogP contribution in [0.2, 0.25) is 0 Å². The highest BCUT2D eigenvalue weighted by Gasteiger charge is 2.74. The van der Waals surface area contributed by atoms with Crippen LogP contribution in [0.5, 0.6) is 0 Å². The Morgan fingerprint density at radius 3 is 2.30 bits per heavy atom. The summed E-state index contributed by atoms with van der Waals surface area (Å²) in [7, 11) is 0. The topological polar surface area (TPSA) is 197 Å². The smallest absolute Gasteiger partial charge is 0.309 e. The van der Waals surface area contributed by atoms with Gasteiger partial charge in [0.2, 0.25) is 0 Å². The molecule has 11 heteroatoms. The van der Waals surface area contributed by atoms with E-state index >= 15 is 0 Å². The quantitative estimate of drug-likeness (QED) is 0.216. The first-order valence-electron chi connectivity index (χ1n) is 13.5. The number of fused-ring (bicyclic) bond motifs is 3. The van der Waals surface area contributed by atoms with E-state index in [2.05, 4.69) is 0 Å². The number of carboxylic acids is 1. The molecule has 11 nitrogen and oxygen atoms in total. The summed E-state index contributed by atoms with van der Waals surface area (Å²) in [6.45, 7) is 2.64. The second-order valence-corrected chi connectivity index (χ2v) is 13.0. The lowest BCUT2D eigenvalue weighted by Gasteiger charge is -2.66. The van der Waals surface area contributed by atoms with Gasteiger partial charge in [-0.1, -0.05) is 13.3 Å². The van der Waals surface area contributed by atoms with E-state index < -0.39 is 89.9 Å².